The SMILES string of the molecule is O=C(O)C(Cc1cccc(CCOc2cc(OCCc3cccc(CC(C(=O)O)C4CCNC4)c3)cc(OCCc3cccc(CC(C(=O)O)C4CCNC4)c3)c2)c1)C1CCNC1. The molecule has 336 valence electrons. The van der Waals surface area contributed by atoms with Gasteiger partial charge in [-0.3, -0.25) is 14.4 Å². The van der Waals surface area contributed by atoms with E-state index in [1.165, 1.54) is 0 Å². The van der Waals surface area contributed by atoms with Crippen molar-refractivity contribution in [3.63, 3.8) is 0 Å². The molecule has 0 bridgehead atoms. The van der Waals surface area contributed by atoms with E-state index in [9.17, 15) is 29.7 Å². The van der Waals surface area contributed by atoms with Crippen molar-refractivity contribution in [1.82, 2.24) is 16.0 Å². The minimum atomic E-state index is -0.748. The smallest absolute Gasteiger partial charge is 0.307 e. The van der Waals surface area contributed by atoms with Gasteiger partial charge in [-0.25, -0.2) is 0 Å². The number of hydrogen-bond donors (Lipinski definition) is 6. The highest BCUT2D eigenvalue weighted by Crippen LogP contribution is 2.30. The normalized spacial score (nSPS) is 19.9. The number of ether oxygens (including phenoxy) is 3. The predicted octanol–water partition coefficient (Wildman–Crippen LogP) is 6.11. The van der Waals surface area contributed by atoms with Gasteiger partial charge in [0.25, 0.3) is 0 Å². The molecule has 0 spiro atoms. The standard InChI is InChI=1S/C51H63N3O9/c55-49(56)46(40-10-16-52-31-40)25-37-7-1-4-34(22-37)13-19-61-43-28-44(62-20-14-35-5-2-8-38(23-35)26-47(50(57)58)41-11-17-53-32-41)30-45(29-43)63-21-15-36-6-3-9-39(24-36)27-48(51(59)60)42-12-18-54-33-42/h1-9,22-24,28-30,40-42,46-48,52-54H,10-21,25-27,31-33H2,(H,55,56)(H,57,58)(H,59,60). The third kappa shape index (κ3) is 13.5. The van der Waals surface area contributed by atoms with E-state index >= 15 is 0 Å². The number of nitrogens with one attached hydrogen (secondary N) is 3. The zero-order chi connectivity index (χ0) is 44.0. The fraction of sp³-hybridized carbons (Fsp3) is 0.471. The van der Waals surface area contributed by atoms with Gasteiger partial charge in [0.2, 0.25) is 0 Å². The largest absolute Gasteiger partial charge is 0.493 e. The summed E-state index contributed by atoms with van der Waals surface area (Å²) >= 11 is 0. The van der Waals surface area contributed by atoms with Crippen LogP contribution in [-0.2, 0) is 52.9 Å². The van der Waals surface area contributed by atoms with E-state index in [1.807, 2.05) is 72.8 Å². The molecular formula is C51H63N3O9. The molecule has 0 aliphatic carbocycles. The van der Waals surface area contributed by atoms with Crippen molar-refractivity contribution < 1.29 is 43.9 Å². The zero-order valence-corrected chi connectivity index (χ0v) is 36.1. The van der Waals surface area contributed by atoms with Crippen LogP contribution in [0, 0.1) is 35.5 Å². The number of rotatable bonds is 24. The third-order valence-electron chi connectivity index (χ3n) is 13.1. The van der Waals surface area contributed by atoms with Gasteiger partial charge in [-0.2, -0.15) is 0 Å². The molecule has 63 heavy (non-hydrogen) atoms. The summed E-state index contributed by atoms with van der Waals surface area (Å²) in [7, 11) is 0. The van der Waals surface area contributed by atoms with Gasteiger partial charge in [0.1, 0.15) is 17.2 Å². The maximum absolute atomic E-state index is 12.1. The van der Waals surface area contributed by atoms with Crippen molar-refractivity contribution in [2.24, 2.45) is 35.5 Å². The molecule has 0 aromatic heterocycles. The number of benzene rings is 4. The van der Waals surface area contributed by atoms with Crippen LogP contribution in [0.1, 0.15) is 52.6 Å². The molecule has 6 atom stereocenters. The van der Waals surface area contributed by atoms with Crippen LogP contribution < -0.4 is 30.2 Å². The lowest BCUT2D eigenvalue weighted by Gasteiger charge is -2.19. The molecule has 0 saturated carbocycles. The molecule has 3 saturated heterocycles. The monoisotopic (exact) mass is 861 g/mol. The Morgan fingerprint density at radius 3 is 1.00 bits per heavy atom. The lowest BCUT2D eigenvalue weighted by molar-refractivity contribution is -0.144. The molecule has 4 aromatic rings. The summed E-state index contributed by atoms with van der Waals surface area (Å²) in [6.07, 6.45) is 5.99. The van der Waals surface area contributed by atoms with E-state index in [0.717, 1.165) is 91.9 Å². The molecule has 7 rings (SSSR count). The number of aliphatic carboxylic acids is 3. The second kappa shape index (κ2) is 22.8. The second-order valence-corrected chi connectivity index (χ2v) is 17.6. The quantitative estimate of drug-likeness (QED) is 0.0478. The van der Waals surface area contributed by atoms with Gasteiger partial charge in [0.15, 0.2) is 0 Å². The Labute approximate surface area is 370 Å². The average molecular weight is 862 g/mol. The lowest BCUT2D eigenvalue weighted by Crippen LogP contribution is -2.27. The Bertz CT molecular complexity index is 1880. The first-order chi connectivity index (χ1) is 30.7. The summed E-state index contributed by atoms with van der Waals surface area (Å²) in [5.74, 6) is -1.33. The Hall–Kier alpha value is -5.43. The zero-order valence-electron chi connectivity index (χ0n) is 36.1. The van der Waals surface area contributed by atoms with E-state index in [4.69, 9.17) is 14.2 Å². The van der Waals surface area contributed by atoms with Gasteiger partial charge in [0.05, 0.1) is 37.6 Å². The van der Waals surface area contributed by atoms with Crippen LogP contribution in [0.5, 0.6) is 17.2 Å². The van der Waals surface area contributed by atoms with Crippen molar-refractivity contribution in [3.8, 4) is 17.2 Å². The molecule has 4 aromatic carbocycles. The topological polar surface area (TPSA) is 176 Å². The fourth-order valence-electron chi connectivity index (χ4n) is 9.58. The van der Waals surface area contributed by atoms with E-state index in [-0.39, 0.29) is 17.8 Å². The molecular weight excluding hydrogens is 799 g/mol. The van der Waals surface area contributed by atoms with Crippen LogP contribution >= 0.6 is 0 Å². The van der Waals surface area contributed by atoms with Crippen molar-refractivity contribution in [2.45, 2.75) is 57.8 Å². The second-order valence-electron chi connectivity index (χ2n) is 17.6. The molecule has 3 fully saturated rings. The number of carbonyl (C=O) groups is 3. The fourth-order valence-corrected chi connectivity index (χ4v) is 9.58. The van der Waals surface area contributed by atoms with E-state index in [1.54, 1.807) is 0 Å². The average Bonchev–Trinajstić information content (AvgIpc) is 4.10. The molecule has 12 nitrogen and oxygen atoms in total. The first kappa shape index (κ1) is 45.6. The molecule has 3 aliphatic heterocycles. The number of carboxylic acids is 3. The van der Waals surface area contributed by atoms with Gasteiger partial charge in [-0.05, 0) is 129 Å². The van der Waals surface area contributed by atoms with E-state index < -0.39 is 35.7 Å². The first-order valence-electron chi connectivity index (χ1n) is 22.7. The lowest BCUT2D eigenvalue weighted by atomic mass is 9.86. The van der Waals surface area contributed by atoms with Crippen molar-refractivity contribution in [1.29, 1.82) is 0 Å². The van der Waals surface area contributed by atoms with Crippen LogP contribution in [-0.4, -0.2) is 92.3 Å². The predicted molar refractivity (Wildman–Crippen MR) is 241 cm³/mol. The molecule has 3 heterocycles. The van der Waals surface area contributed by atoms with Crippen LogP contribution in [0.2, 0.25) is 0 Å². The van der Waals surface area contributed by atoms with Crippen molar-refractivity contribution in [2.75, 3.05) is 59.1 Å². The summed E-state index contributed by atoms with van der Waals surface area (Å²) in [6, 6.07) is 29.9. The molecule has 0 amide bonds. The molecule has 12 heteroatoms. The van der Waals surface area contributed by atoms with E-state index in [2.05, 4.69) is 34.1 Å². The minimum absolute atomic E-state index is 0.127. The van der Waals surface area contributed by atoms with Gasteiger partial charge in [-0.1, -0.05) is 72.8 Å². The van der Waals surface area contributed by atoms with Crippen molar-refractivity contribution >= 4 is 17.9 Å². The Balaban J connectivity index is 0.987. The van der Waals surface area contributed by atoms with Crippen molar-refractivity contribution in [3.05, 3.63) is 124 Å². The summed E-state index contributed by atoms with van der Waals surface area (Å²) in [4.78, 5) is 36.4. The van der Waals surface area contributed by atoms with E-state index in [0.29, 0.717) is 75.6 Å². The third-order valence-corrected chi connectivity index (χ3v) is 13.1. The maximum Gasteiger partial charge on any atom is 0.307 e. The first-order valence-corrected chi connectivity index (χ1v) is 22.7. The molecule has 3 aliphatic rings. The summed E-state index contributed by atoms with van der Waals surface area (Å²) in [5, 5.41) is 39.8. The Kier molecular flexibility index (Phi) is 16.5. The molecule has 0 radical (unpaired) electrons. The number of carboxylic acid groups (broad SMARTS) is 3. The van der Waals surface area contributed by atoms with Gasteiger partial charge >= 0.3 is 17.9 Å². The highest BCUT2D eigenvalue weighted by molar-refractivity contribution is 5.72. The van der Waals surface area contributed by atoms with Crippen LogP contribution in [0.25, 0.3) is 0 Å². The highest BCUT2D eigenvalue weighted by atomic mass is 16.5. The Morgan fingerprint density at radius 1 is 0.460 bits per heavy atom. The minimum Gasteiger partial charge on any atom is -0.493 e. The summed E-state index contributed by atoms with van der Waals surface area (Å²) in [5.41, 5.74) is 6.23. The van der Waals surface area contributed by atoms with Crippen LogP contribution in [0.3, 0.4) is 0 Å². The number of hydrogen-bond acceptors (Lipinski definition) is 9. The van der Waals surface area contributed by atoms with Crippen LogP contribution in [0.15, 0.2) is 91.0 Å². The van der Waals surface area contributed by atoms with Gasteiger partial charge < -0.3 is 45.5 Å². The molecule has 6 unspecified atom stereocenters. The Morgan fingerprint density at radius 2 is 0.746 bits per heavy atom. The van der Waals surface area contributed by atoms with Gasteiger partial charge in [-0.15, -0.1) is 0 Å². The molecule has 6 N–H and O–H groups in total. The van der Waals surface area contributed by atoms with Gasteiger partial charge in [0, 0.05) is 37.5 Å². The van der Waals surface area contributed by atoms with Crippen LogP contribution in [0.4, 0.5) is 0 Å². The maximum atomic E-state index is 12.1. The highest BCUT2D eigenvalue weighted by Gasteiger charge is 2.32. The summed E-state index contributed by atoms with van der Waals surface area (Å²) in [6.45, 7) is 5.96. The summed E-state index contributed by atoms with van der Waals surface area (Å²) < 4.78 is 19.0.